The summed E-state index contributed by atoms with van der Waals surface area (Å²) in [6.45, 7) is 2.30. The molecule has 0 bridgehead atoms. The molecule has 1 amide bonds. The van der Waals surface area contributed by atoms with Crippen LogP contribution >= 0.6 is 11.3 Å². The molecule has 2 N–H and O–H groups in total. The van der Waals surface area contributed by atoms with Crippen molar-refractivity contribution in [2.75, 3.05) is 5.32 Å². The topological polar surface area (TPSA) is 46.1 Å². The second-order valence-corrected chi connectivity index (χ2v) is 8.42. The monoisotopic (exact) mass is 351 g/mol. The number of amides is 1. The number of fused-ring (bicyclic) bond motifs is 4. The minimum absolute atomic E-state index is 0.0683. The van der Waals surface area contributed by atoms with Gasteiger partial charge in [0.1, 0.15) is 11.2 Å². The highest BCUT2D eigenvalue weighted by atomic mass is 32.1. The summed E-state index contributed by atoms with van der Waals surface area (Å²) in [6.07, 6.45) is 5.24. The van der Waals surface area contributed by atoms with Gasteiger partial charge in [-0.2, -0.15) is 0 Å². The second kappa shape index (κ2) is 5.36. The highest BCUT2D eigenvalue weighted by Crippen LogP contribution is 2.43. The first-order valence-electron chi connectivity index (χ1n) is 8.87. The third kappa shape index (κ3) is 2.22. The number of aryl methyl sites for hydroxylation is 1. The number of nitrogens with zero attached hydrogens (tertiary/aromatic N) is 1. The molecule has 3 heterocycles. The zero-order chi connectivity index (χ0) is 17.1. The van der Waals surface area contributed by atoms with Crippen LogP contribution in [-0.2, 0) is 19.9 Å². The van der Waals surface area contributed by atoms with E-state index in [-0.39, 0.29) is 12.1 Å². The Hall–Kier alpha value is -2.27. The van der Waals surface area contributed by atoms with Crippen molar-refractivity contribution in [3.8, 4) is 0 Å². The smallest absolute Gasteiger partial charge is 0.256 e. The molecule has 3 aromatic rings. The van der Waals surface area contributed by atoms with Gasteiger partial charge < -0.3 is 15.2 Å². The average Bonchev–Trinajstić information content (AvgIpc) is 3.12. The molecule has 5 heteroatoms. The highest BCUT2D eigenvalue weighted by molar-refractivity contribution is 7.16. The number of hydrogen-bond donors (Lipinski definition) is 2. The Morgan fingerprint density at radius 1 is 1.24 bits per heavy atom. The Morgan fingerprint density at radius 3 is 2.96 bits per heavy atom. The molecule has 0 spiro atoms. The van der Waals surface area contributed by atoms with E-state index in [0.29, 0.717) is 5.92 Å². The van der Waals surface area contributed by atoms with Crippen molar-refractivity contribution in [1.29, 1.82) is 0 Å². The number of thiophene rings is 1. The summed E-state index contributed by atoms with van der Waals surface area (Å²) in [7, 11) is 2.05. The van der Waals surface area contributed by atoms with Crippen molar-refractivity contribution in [3.05, 3.63) is 52.0 Å². The van der Waals surface area contributed by atoms with Crippen LogP contribution < -0.4 is 10.6 Å². The van der Waals surface area contributed by atoms with Gasteiger partial charge in [0.15, 0.2) is 0 Å². The van der Waals surface area contributed by atoms with E-state index in [2.05, 4.69) is 40.5 Å². The number of nitrogens with one attached hydrogen (secondary N) is 2. The number of rotatable bonds is 1. The third-order valence-electron chi connectivity index (χ3n) is 5.53. The fourth-order valence-corrected chi connectivity index (χ4v) is 5.66. The van der Waals surface area contributed by atoms with E-state index in [1.54, 1.807) is 11.3 Å². The number of carbonyl (C=O) groups is 1. The van der Waals surface area contributed by atoms with Gasteiger partial charge in [0.05, 0.1) is 5.56 Å². The van der Waals surface area contributed by atoms with Gasteiger partial charge in [0, 0.05) is 34.6 Å². The highest BCUT2D eigenvalue weighted by Gasteiger charge is 2.33. The fourth-order valence-electron chi connectivity index (χ4n) is 4.22. The first kappa shape index (κ1) is 15.0. The molecule has 4 nitrogen and oxygen atoms in total. The molecule has 0 radical (unpaired) electrons. The summed E-state index contributed by atoms with van der Waals surface area (Å²) in [5.74, 6) is 0.781. The van der Waals surface area contributed by atoms with Gasteiger partial charge in [-0.15, -0.1) is 11.3 Å². The number of aromatic nitrogens is 1. The summed E-state index contributed by atoms with van der Waals surface area (Å²) in [5.41, 5.74) is 4.47. The van der Waals surface area contributed by atoms with Crippen molar-refractivity contribution in [1.82, 2.24) is 9.88 Å². The fraction of sp³-hybridized carbons (Fsp3) is 0.350. The molecule has 128 valence electrons. The van der Waals surface area contributed by atoms with Crippen molar-refractivity contribution < 1.29 is 4.79 Å². The molecule has 1 aliphatic heterocycles. The zero-order valence-corrected chi connectivity index (χ0v) is 15.2. The van der Waals surface area contributed by atoms with Gasteiger partial charge in [0.25, 0.3) is 5.91 Å². The van der Waals surface area contributed by atoms with Crippen molar-refractivity contribution >= 4 is 33.1 Å². The van der Waals surface area contributed by atoms with E-state index in [0.717, 1.165) is 29.0 Å². The lowest BCUT2D eigenvalue weighted by Gasteiger charge is -2.26. The van der Waals surface area contributed by atoms with Crippen LogP contribution in [-0.4, -0.2) is 10.5 Å². The lowest BCUT2D eigenvalue weighted by Crippen LogP contribution is -2.38. The third-order valence-corrected chi connectivity index (χ3v) is 6.71. The maximum atomic E-state index is 12.9. The van der Waals surface area contributed by atoms with E-state index < -0.39 is 0 Å². The number of anilines is 1. The number of benzene rings is 1. The predicted octanol–water partition coefficient (Wildman–Crippen LogP) is 4.22. The summed E-state index contributed by atoms with van der Waals surface area (Å²) in [5, 5.41) is 9.00. The molecule has 0 saturated heterocycles. The molecule has 2 atom stereocenters. The van der Waals surface area contributed by atoms with Gasteiger partial charge in [-0.05, 0) is 36.8 Å². The Balaban J connectivity index is 1.58. The molecular weight excluding hydrogens is 330 g/mol. The Kier molecular flexibility index (Phi) is 3.22. The molecule has 2 aliphatic rings. The maximum absolute atomic E-state index is 12.9. The average molecular weight is 351 g/mol. The molecule has 1 aromatic carbocycles. The summed E-state index contributed by atoms with van der Waals surface area (Å²) >= 11 is 1.78. The summed E-state index contributed by atoms with van der Waals surface area (Å²) < 4.78 is 2.12. The van der Waals surface area contributed by atoms with Crippen molar-refractivity contribution in [2.45, 2.75) is 32.4 Å². The molecule has 2 aromatic heterocycles. The predicted molar refractivity (Wildman–Crippen MR) is 102 cm³/mol. The minimum atomic E-state index is -0.177. The molecular formula is C20H21N3OS. The quantitative estimate of drug-likeness (QED) is 0.689. The first-order chi connectivity index (χ1) is 12.1. The van der Waals surface area contributed by atoms with Crippen LogP contribution in [0.4, 0.5) is 5.00 Å². The van der Waals surface area contributed by atoms with Crippen LogP contribution in [0, 0.1) is 5.92 Å². The van der Waals surface area contributed by atoms with Gasteiger partial charge in [-0.1, -0.05) is 25.1 Å². The van der Waals surface area contributed by atoms with Crippen LogP contribution in [0.5, 0.6) is 0 Å². The Labute approximate surface area is 150 Å². The number of hydrogen-bond acceptors (Lipinski definition) is 3. The molecule has 0 fully saturated rings. The minimum Gasteiger partial charge on any atom is -0.353 e. The van der Waals surface area contributed by atoms with Gasteiger partial charge >= 0.3 is 0 Å². The SMILES string of the molecule is C[C@H]1CCc2c(sc3c2C(=O)N[C@@H](c2cn(C)c4ccccc24)N3)C1. The van der Waals surface area contributed by atoms with E-state index in [1.807, 2.05) is 19.2 Å². The van der Waals surface area contributed by atoms with E-state index in [9.17, 15) is 4.79 Å². The van der Waals surface area contributed by atoms with Crippen LogP contribution in [0.25, 0.3) is 10.9 Å². The normalized spacial score (nSPS) is 22.2. The maximum Gasteiger partial charge on any atom is 0.256 e. The van der Waals surface area contributed by atoms with Crippen LogP contribution in [0.2, 0.25) is 0 Å². The van der Waals surface area contributed by atoms with Gasteiger partial charge in [-0.3, -0.25) is 4.79 Å². The Morgan fingerprint density at radius 2 is 2.08 bits per heavy atom. The van der Waals surface area contributed by atoms with Gasteiger partial charge in [-0.25, -0.2) is 0 Å². The molecule has 1 aliphatic carbocycles. The summed E-state index contributed by atoms with van der Waals surface area (Å²) in [6, 6.07) is 8.33. The molecule has 0 unspecified atom stereocenters. The number of para-hydroxylation sites is 1. The summed E-state index contributed by atoms with van der Waals surface area (Å²) in [4.78, 5) is 14.3. The van der Waals surface area contributed by atoms with Crippen molar-refractivity contribution in [2.24, 2.45) is 13.0 Å². The largest absolute Gasteiger partial charge is 0.353 e. The molecule has 5 rings (SSSR count). The lowest BCUT2D eigenvalue weighted by atomic mass is 9.88. The van der Waals surface area contributed by atoms with E-state index in [1.165, 1.54) is 27.8 Å². The van der Waals surface area contributed by atoms with Gasteiger partial charge in [0.2, 0.25) is 0 Å². The van der Waals surface area contributed by atoms with E-state index in [4.69, 9.17) is 0 Å². The van der Waals surface area contributed by atoms with Crippen LogP contribution in [0.1, 0.15) is 45.9 Å². The molecule has 25 heavy (non-hydrogen) atoms. The first-order valence-corrected chi connectivity index (χ1v) is 9.69. The standard InChI is InChI=1S/C20H21N3OS/c1-11-7-8-13-16(9-11)25-20-17(13)19(24)21-18(22-20)14-10-23(2)15-6-4-3-5-12(14)15/h3-6,10-11,18,22H,7-9H2,1-2H3,(H,21,24)/t11-,18+/m0/s1. The Bertz CT molecular complexity index is 1000. The zero-order valence-electron chi connectivity index (χ0n) is 14.4. The molecule has 0 saturated carbocycles. The second-order valence-electron chi connectivity index (χ2n) is 7.32. The number of carbonyl (C=O) groups excluding carboxylic acids is 1. The lowest BCUT2D eigenvalue weighted by molar-refractivity contribution is 0.0935. The van der Waals surface area contributed by atoms with Crippen LogP contribution in [0.15, 0.2) is 30.5 Å². The van der Waals surface area contributed by atoms with E-state index >= 15 is 0 Å². The van der Waals surface area contributed by atoms with Crippen molar-refractivity contribution in [3.63, 3.8) is 0 Å². The van der Waals surface area contributed by atoms with Crippen LogP contribution in [0.3, 0.4) is 0 Å².